The Balaban J connectivity index is -0.0000000800. The van der Waals surface area contributed by atoms with E-state index in [9.17, 15) is 0 Å². The number of thiocarbonyl (C=S) groups is 2. The van der Waals surface area contributed by atoms with Crippen molar-refractivity contribution in [3.63, 3.8) is 0 Å². The van der Waals surface area contributed by atoms with Gasteiger partial charge in [0.15, 0.2) is 0 Å². The maximum atomic E-state index is 4.94. The van der Waals surface area contributed by atoms with Crippen LogP contribution >= 0.6 is 24.4 Å². The van der Waals surface area contributed by atoms with Crippen LogP contribution < -0.4 is 41.0 Å². The van der Waals surface area contributed by atoms with E-state index in [1.54, 1.807) is 12.2 Å². The van der Waals surface area contributed by atoms with Gasteiger partial charge in [-0.05, 0) is 24.4 Å². The smallest absolute Gasteiger partial charge is 1.00 e. The van der Waals surface area contributed by atoms with Gasteiger partial charge in [-0.3, -0.25) is 0 Å². The van der Waals surface area contributed by atoms with Gasteiger partial charge in [0.25, 0.3) is 10.3 Å². The third-order valence-electron chi connectivity index (χ3n) is 0.687. The average Bonchev–Trinajstić information content (AvgIpc) is 2.12. The van der Waals surface area contributed by atoms with E-state index in [2.05, 4.69) is 47.1 Å². The van der Waals surface area contributed by atoms with Crippen LogP contribution in [0.2, 0.25) is 0 Å². The van der Waals surface area contributed by atoms with E-state index in [1.807, 2.05) is 0 Å². The normalized spacial score (nSPS) is 6.93. The van der Waals surface area contributed by atoms with Gasteiger partial charge in [0, 0.05) is 0 Å². The summed E-state index contributed by atoms with van der Waals surface area (Å²) in [6.45, 7) is 7.58. The molecule has 4 nitrogen and oxygen atoms in total. The minimum absolute atomic E-state index is 0. The molecule has 0 saturated carbocycles. The molecule has 0 aliphatic carbocycles. The molecular formula is C8H15N2NaO2S2. The Hall–Kier alpha value is -0.140. The van der Waals surface area contributed by atoms with Crippen molar-refractivity contribution in [2.75, 3.05) is 13.2 Å². The standard InChI is InChI=1S/2C4H7NOS.Na.H/c2*1-2-3-6-4(5)7;;/h2*2H,1,3H2,(H2,5,7);;/q;;+1;-1. The summed E-state index contributed by atoms with van der Waals surface area (Å²) in [6, 6.07) is 0. The number of hydrogen-bond donors (Lipinski definition) is 2. The van der Waals surface area contributed by atoms with E-state index in [0.717, 1.165) is 0 Å². The number of nitrogens with two attached hydrogens (primary N) is 2. The number of hydrogen-bond acceptors (Lipinski definition) is 4. The zero-order chi connectivity index (χ0) is 11.4. The fourth-order valence-electron chi connectivity index (χ4n) is 0.282. The van der Waals surface area contributed by atoms with Gasteiger partial charge in [0.05, 0.1) is 0 Å². The molecule has 0 aromatic carbocycles. The van der Waals surface area contributed by atoms with Gasteiger partial charge in [-0.2, -0.15) is 0 Å². The minimum atomic E-state index is 0. The second-order valence-electron chi connectivity index (χ2n) is 1.84. The van der Waals surface area contributed by atoms with Crippen molar-refractivity contribution >= 4 is 34.8 Å². The average molecular weight is 258 g/mol. The Morgan fingerprint density at radius 3 is 1.40 bits per heavy atom. The van der Waals surface area contributed by atoms with E-state index >= 15 is 0 Å². The van der Waals surface area contributed by atoms with E-state index in [1.165, 1.54) is 0 Å². The summed E-state index contributed by atoms with van der Waals surface area (Å²) in [6.07, 6.45) is 3.16. The van der Waals surface area contributed by atoms with Gasteiger partial charge in [0.1, 0.15) is 13.2 Å². The molecule has 0 spiro atoms. The number of rotatable bonds is 4. The molecule has 15 heavy (non-hydrogen) atoms. The van der Waals surface area contributed by atoms with Crippen LogP contribution in [-0.4, -0.2) is 23.6 Å². The van der Waals surface area contributed by atoms with Gasteiger partial charge in [-0.1, -0.05) is 25.3 Å². The Bertz CT molecular complexity index is 196. The molecule has 0 bridgehead atoms. The van der Waals surface area contributed by atoms with Crippen LogP contribution in [0, 0.1) is 0 Å². The van der Waals surface area contributed by atoms with Crippen molar-refractivity contribution < 1.29 is 40.5 Å². The molecule has 82 valence electrons. The zero-order valence-electron chi connectivity index (χ0n) is 9.77. The first-order valence-electron chi connectivity index (χ1n) is 3.60. The monoisotopic (exact) mass is 258 g/mol. The van der Waals surface area contributed by atoms with Crippen LogP contribution in [0.25, 0.3) is 0 Å². The summed E-state index contributed by atoms with van der Waals surface area (Å²) >= 11 is 8.74. The maximum Gasteiger partial charge on any atom is 1.00 e. The molecule has 0 amide bonds. The molecule has 7 heteroatoms. The molecule has 0 heterocycles. The van der Waals surface area contributed by atoms with E-state index in [0.29, 0.717) is 13.2 Å². The van der Waals surface area contributed by atoms with Gasteiger partial charge in [0.2, 0.25) is 0 Å². The summed E-state index contributed by atoms with van der Waals surface area (Å²) in [4.78, 5) is 0. The second-order valence-corrected chi connectivity index (χ2v) is 2.64. The molecule has 4 N–H and O–H groups in total. The molecule has 0 atom stereocenters. The first-order chi connectivity index (χ1) is 6.54. The van der Waals surface area contributed by atoms with Crippen LogP contribution in [0.4, 0.5) is 0 Å². The van der Waals surface area contributed by atoms with E-state index in [4.69, 9.17) is 11.5 Å². The Labute approximate surface area is 124 Å². The van der Waals surface area contributed by atoms with Crippen molar-refractivity contribution in [3.8, 4) is 0 Å². The minimum Gasteiger partial charge on any atom is -1.00 e. The van der Waals surface area contributed by atoms with Crippen molar-refractivity contribution in [1.29, 1.82) is 0 Å². The first-order valence-corrected chi connectivity index (χ1v) is 4.42. The number of ether oxygens (including phenoxy) is 2. The molecule has 0 aliphatic rings. The van der Waals surface area contributed by atoms with Crippen molar-refractivity contribution in [2.45, 2.75) is 0 Å². The van der Waals surface area contributed by atoms with Crippen LogP contribution in [0.15, 0.2) is 25.3 Å². The molecular weight excluding hydrogens is 243 g/mol. The molecule has 0 radical (unpaired) electrons. The molecule has 0 unspecified atom stereocenters. The largest absolute Gasteiger partial charge is 1.00 e. The summed E-state index contributed by atoms with van der Waals surface area (Å²) in [5.74, 6) is 0. The van der Waals surface area contributed by atoms with E-state index < -0.39 is 0 Å². The predicted octanol–water partition coefficient (Wildman–Crippen LogP) is -2.02. The van der Waals surface area contributed by atoms with Crippen molar-refractivity contribution in [1.82, 2.24) is 0 Å². The van der Waals surface area contributed by atoms with Gasteiger partial charge in [-0.15, -0.1) is 0 Å². The zero-order valence-corrected chi connectivity index (χ0v) is 12.4. The van der Waals surface area contributed by atoms with Gasteiger partial charge < -0.3 is 22.4 Å². The van der Waals surface area contributed by atoms with Crippen molar-refractivity contribution in [2.24, 2.45) is 11.5 Å². The summed E-state index contributed by atoms with van der Waals surface area (Å²) in [7, 11) is 0. The van der Waals surface area contributed by atoms with Gasteiger partial charge >= 0.3 is 29.6 Å². The maximum absolute atomic E-state index is 4.94. The third-order valence-corrected chi connectivity index (χ3v) is 0.923. The van der Waals surface area contributed by atoms with E-state index in [-0.39, 0.29) is 41.3 Å². The topological polar surface area (TPSA) is 70.5 Å². The molecule has 0 aromatic heterocycles. The van der Waals surface area contributed by atoms with Crippen LogP contribution in [0.5, 0.6) is 0 Å². The molecule has 0 rings (SSSR count). The summed E-state index contributed by atoms with van der Waals surface area (Å²) in [5, 5.41) is 0.139. The quantitative estimate of drug-likeness (QED) is 0.345. The Morgan fingerprint density at radius 2 is 1.33 bits per heavy atom. The van der Waals surface area contributed by atoms with Gasteiger partial charge in [-0.25, -0.2) is 0 Å². The van der Waals surface area contributed by atoms with Crippen LogP contribution in [0.3, 0.4) is 0 Å². The van der Waals surface area contributed by atoms with Crippen molar-refractivity contribution in [3.05, 3.63) is 25.3 Å². The molecule has 0 fully saturated rings. The second kappa shape index (κ2) is 16.3. The third kappa shape index (κ3) is 31.6. The van der Waals surface area contributed by atoms with Crippen LogP contribution in [-0.2, 0) is 9.47 Å². The predicted molar refractivity (Wildman–Crippen MR) is 67.0 cm³/mol. The first kappa shape index (κ1) is 20.3. The Morgan fingerprint density at radius 1 is 1.07 bits per heavy atom. The molecule has 0 aromatic rings. The molecule has 0 aliphatic heterocycles. The summed E-state index contributed by atoms with van der Waals surface area (Å²) < 4.78 is 9.16. The fourth-order valence-corrected chi connectivity index (χ4v) is 0.418. The molecule has 0 saturated heterocycles. The summed E-state index contributed by atoms with van der Waals surface area (Å²) in [5.41, 5.74) is 9.88. The van der Waals surface area contributed by atoms with Crippen LogP contribution in [0.1, 0.15) is 1.43 Å². The SMILES string of the molecule is C=CCOC(N)=S.C=CCOC(N)=S.[H-].[Na+]. The Kier molecular flexibility index (Phi) is 22.0. The fraction of sp³-hybridized carbons (Fsp3) is 0.250.